The van der Waals surface area contributed by atoms with Gasteiger partial charge in [-0.15, -0.1) is 11.3 Å². The molecule has 0 unspecified atom stereocenters. The fourth-order valence-electron chi connectivity index (χ4n) is 1.41. The normalized spacial score (nSPS) is 10.9. The average Bonchev–Trinajstić information content (AvgIpc) is 2.87. The van der Waals surface area contributed by atoms with Crippen molar-refractivity contribution in [2.24, 2.45) is 5.73 Å². The van der Waals surface area contributed by atoms with Gasteiger partial charge in [-0.25, -0.2) is 4.98 Å². The van der Waals surface area contributed by atoms with Crippen LogP contribution in [0.2, 0.25) is 0 Å². The summed E-state index contributed by atoms with van der Waals surface area (Å²) in [6.45, 7) is 0.753. The summed E-state index contributed by atoms with van der Waals surface area (Å²) in [5, 5.41) is 3.18. The molecular weight excluding hydrogens is 288 g/mol. The van der Waals surface area contributed by atoms with Gasteiger partial charge in [0.25, 0.3) is 0 Å². The lowest BCUT2D eigenvalue weighted by molar-refractivity contribution is 0.554. The summed E-state index contributed by atoms with van der Waals surface area (Å²) in [5.41, 5.74) is 6.37. The predicted octanol–water partition coefficient (Wildman–Crippen LogP) is 3.45. The Hall–Kier alpha value is -0.650. The van der Waals surface area contributed by atoms with Crippen molar-refractivity contribution in [2.45, 2.75) is 19.3 Å². The van der Waals surface area contributed by atoms with Crippen LogP contribution in [-0.4, -0.2) is 11.5 Å². The molecule has 5 heteroatoms. The molecule has 3 nitrogen and oxygen atoms in total. The third-order valence-electron chi connectivity index (χ3n) is 2.22. The lowest BCUT2D eigenvalue weighted by atomic mass is 10.2. The molecule has 2 heterocycles. The van der Waals surface area contributed by atoms with Crippen LogP contribution in [0, 0.1) is 0 Å². The summed E-state index contributed by atoms with van der Waals surface area (Å²) in [6, 6.07) is 3.80. The number of rotatable bonds is 5. The van der Waals surface area contributed by atoms with Gasteiger partial charge in [-0.05, 0) is 53.9 Å². The molecule has 0 saturated carbocycles. The van der Waals surface area contributed by atoms with Crippen LogP contribution < -0.4 is 5.73 Å². The van der Waals surface area contributed by atoms with E-state index in [-0.39, 0.29) is 0 Å². The first-order valence-corrected chi connectivity index (χ1v) is 6.87. The Morgan fingerprint density at radius 2 is 2.25 bits per heavy atom. The summed E-state index contributed by atoms with van der Waals surface area (Å²) < 4.78 is 6.19. The number of nitrogens with zero attached hydrogens (tertiary/aromatic N) is 1. The number of nitrogens with two attached hydrogens (primary N) is 1. The molecule has 2 N–H and O–H groups in total. The maximum atomic E-state index is 5.45. The highest BCUT2D eigenvalue weighted by atomic mass is 79.9. The minimum absolute atomic E-state index is 0.736. The molecular formula is C11H13BrN2OS. The van der Waals surface area contributed by atoms with E-state index in [1.54, 1.807) is 11.3 Å². The first-order chi connectivity index (χ1) is 7.79. The number of hydrogen-bond donors (Lipinski definition) is 1. The van der Waals surface area contributed by atoms with Crippen molar-refractivity contribution in [1.29, 1.82) is 0 Å². The summed E-state index contributed by atoms with van der Waals surface area (Å²) in [4.78, 5) is 4.53. The van der Waals surface area contributed by atoms with Crippen LogP contribution in [0.15, 0.2) is 26.6 Å². The van der Waals surface area contributed by atoms with Crippen molar-refractivity contribution in [3.05, 3.63) is 27.2 Å². The van der Waals surface area contributed by atoms with Crippen LogP contribution in [0.3, 0.4) is 0 Å². The van der Waals surface area contributed by atoms with Gasteiger partial charge in [0.15, 0.2) is 10.4 Å². The van der Waals surface area contributed by atoms with Crippen molar-refractivity contribution in [1.82, 2.24) is 4.98 Å². The van der Waals surface area contributed by atoms with E-state index in [1.165, 1.54) is 0 Å². The minimum atomic E-state index is 0.736. The Balaban J connectivity index is 2.02. The van der Waals surface area contributed by atoms with Gasteiger partial charge in [-0.1, -0.05) is 0 Å². The maximum Gasteiger partial charge on any atom is 0.169 e. The Morgan fingerprint density at radius 3 is 2.94 bits per heavy atom. The van der Waals surface area contributed by atoms with Gasteiger partial charge < -0.3 is 10.2 Å². The van der Waals surface area contributed by atoms with E-state index in [0.29, 0.717) is 0 Å². The molecule has 0 aliphatic heterocycles. The number of aromatic nitrogens is 1. The molecule has 0 aromatic carbocycles. The molecule has 2 aromatic rings. The molecule has 86 valence electrons. The second-order valence-corrected chi connectivity index (χ2v) is 5.20. The lowest BCUT2D eigenvalue weighted by Crippen LogP contribution is -1.98. The Labute approximate surface area is 107 Å². The third kappa shape index (κ3) is 2.93. The second-order valence-electron chi connectivity index (χ2n) is 3.48. The monoisotopic (exact) mass is 300 g/mol. The first kappa shape index (κ1) is 11.8. The van der Waals surface area contributed by atoms with E-state index in [2.05, 4.69) is 20.9 Å². The zero-order valence-corrected chi connectivity index (χ0v) is 11.2. The highest BCUT2D eigenvalue weighted by Crippen LogP contribution is 2.26. The van der Waals surface area contributed by atoms with E-state index < -0.39 is 0 Å². The molecule has 0 aliphatic carbocycles. The van der Waals surface area contributed by atoms with Gasteiger partial charge in [0, 0.05) is 5.38 Å². The van der Waals surface area contributed by atoms with Gasteiger partial charge in [-0.2, -0.15) is 0 Å². The van der Waals surface area contributed by atoms with Gasteiger partial charge in [0.05, 0.1) is 5.01 Å². The largest absolute Gasteiger partial charge is 0.448 e. The number of hydrogen-bond acceptors (Lipinski definition) is 4. The van der Waals surface area contributed by atoms with Crippen molar-refractivity contribution in [3.8, 4) is 11.5 Å². The average molecular weight is 301 g/mol. The fourth-order valence-corrected chi connectivity index (χ4v) is 2.55. The number of aryl methyl sites for hydroxylation is 1. The number of unbranched alkanes of at least 4 members (excludes halogenated alkanes) is 1. The van der Waals surface area contributed by atoms with Crippen LogP contribution in [0.5, 0.6) is 0 Å². The standard InChI is InChI=1S/C11H13BrN2OS/c12-10-5-4-9(15-10)8-7-16-11(14-8)3-1-2-6-13/h4-5,7H,1-3,6,13H2. The zero-order valence-electron chi connectivity index (χ0n) is 8.78. The molecule has 0 bridgehead atoms. The fraction of sp³-hybridized carbons (Fsp3) is 0.364. The van der Waals surface area contributed by atoms with Crippen LogP contribution in [0.1, 0.15) is 17.8 Å². The Bertz CT molecular complexity index is 452. The van der Waals surface area contributed by atoms with Crippen molar-refractivity contribution in [2.75, 3.05) is 6.54 Å². The van der Waals surface area contributed by atoms with Crippen LogP contribution in [-0.2, 0) is 6.42 Å². The topological polar surface area (TPSA) is 52.0 Å². The molecule has 0 fully saturated rings. The molecule has 0 atom stereocenters. The molecule has 16 heavy (non-hydrogen) atoms. The Kier molecular flexibility index (Phi) is 4.15. The smallest absolute Gasteiger partial charge is 0.169 e. The van der Waals surface area contributed by atoms with Gasteiger partial charge in [0.2, 0.25) is 0 Å². The van der Waals surface area contributed by atoms with E-state index >= 15 is 0 Å². The van der Waals surface area contributed by atoms with Crippen molar-refractivity contribution < 1.29 is 4.42 Å². The third-order valence-corrected chi connectivity index (χ3v) is 3.56. The second kappa shape index (κ2) is 5.61. The van der Waals surface area contributed by atoms with E-state index in [4.69, 9.17) is 10.2 Å². The quantitative estimate of drug-likeness (QED) is 0.861. The Morgan fingerprint density at radius 1 is 1.38 bits per heavy atom. The molecule has 0 spiro atoms. The van der Waals surface area contributed by atoms with Crippen molar-refractivity contribution in [3.63, 3.8) is 0 Å². The highest BCUT2D eigenvalue weighted by Gasteiger charge is 2.07. The van der Waals surface area contributed by atoms with Gasteiger partial charge in [0.1, 0.15) is 5.69 Å². The molecule has 0 saturated heterocycles. The molecule has 2 rings (SSSR count). The van der Waals surface area contributed by atoms with Gasteiger partial charge in [-0.3, -0.25) is 0 Å². The number of thiazole rings is 1. The summed E-state index contributed by atoms with van der Waals surface area (Å²) in [5.74, 6) is 0.813. The van der Waals surface area contributed by atoms with Gasteiger partial charge >= 0.3 is 0 Å². The molecule has 2 aromatic heterocycles. The summed E-state index contributed by atoms with van der Waals surface area (Å²) in [7, 11) is 0. The minimum Gasteiger partial charge on any atom is -0.448 e. The van der Waals surface area contributed by atoms with Crippen molar-refractivity contribution >= 4 is 27.3 Å². The van der Waals surface area contributed by atoms with E-state index in [9.17, 15) is 0 Å². The number of halogens is 1. The zero-order chi connectivity index (χ0) is 11.4. The first-order valence-electron chi connectivity index (χ1n) is 5.20. The summed E-state index contributed by atoms with van der Waals surface area (Å²) in [6.07, 6.45) is 3.16. The van der Waals surface area contributed by atoms with Crippen LogP contribution in [0.4, 0.5) is 0 Å². The lowest BCUT2D eigenvalue weighted by Gasteiger charge is -1.93. The number of furan rings is 1. The van der Waals surface area contributed by atoms with E-state index in [1.807, 2.05) is 17.5 Å². The SMILES string of the molecule is NCCCCc1nc(-c2ccc(Br)o2)cs1. The van der Waals surface area contributed by atoms with Crippen LogP contribution >= 0.6 is 27.3 Å². The van der Waals surface area contributed by atoms with Crippen LogP contribution in [0.25, 0.3) is 11.5 Å². The molecule has 0 aliphatic rings. The summed E-state index contributed by atoms with van der Waals surface area (Å²) >= 11 is 4.96. The molecule has 0 radical (unpaired) electrons. The van der Waals surface area contributed by atoms with E-state index in [0.717, 1.165) is 46.9 Å². The highest BCUT2D eigenvalue weighted by molar-refractivity contribution is 9.10. The maximum absolute atomic E-state index is 5.45. The predicted molar refractivity (Wildman–Crippen MR) is 69.5 cm³/mol. The molecule has 0 amide bonds.